The Morgan fingerprint density at radius 1 is 1.23 bits per heavy atom. The van der Waals surface area contributed by atoms with E-state index in [2.05, 4.69) is 28.6 Å². The molecule has 3 heterocycles. The molecule has 2 N–H and O–H groups in total. The second kappa shape index (κ2) is 10.2. The maximum atomic E-state index is 14.5. The van der Waals surface area contributed by atoms with E-state index in [1.54, 1.807) is 23.7 Å². The third-order valence-electron chi connectivity index (χ3n) is 5.47. The molecule has 0 aliphatic carbocycles. The Labute approximate surface area is 182 Å². The molecule has 1 aliphatic rings. The predicted molar refractivity (Wildman–Crippen MR) is 124 cm³/mol. The molecular weight excluding hydrogens is 395 g/mol. The summed E-state index contributed by atoms with van der Waals surface area (Å²) in [5.74, 6) is -0.517. The summed E-state index contributed by atoms with van der Waals surface area (Å²) in [4.78, 5) is 27.9. The summed E-state index contributed by atoms with van der Waals surface area (Å²) in [7, 11) is 0. The van der Waals surface area contributed by atoms with Crippen molar-refractivity contribution in [1.29, 1.82) is 0 Å². The van der Waals surface area contributed by atoms with E-state index in [4.69, 9.17) is 0 Å². The highest BCUT2D eigenvalue weighted by atomic mass is 19.1. The molecule has 6 nitrogen and oxygen atoms in total. The molecule has 0 bridgehead atoms. The van der Waals surface area contributed by atoms with Crippen LogP contribution in [0.5, 0.6) is 0 Å². The Kier molecular flexibility index (Phi) is 7.91. The van der Waals surface area contributed by atoms with Gasteiger partial charge >= 0.3 is 0 Å². The summed E-state index contributed by atoms with van der Waals surface area (Å²) in [5, 5.41) is 7.46. The lowest BCUT2D eigenvalue weighted by Crippen LogP contribution is -2.49. The van der Waals surface area contributed by atoms with Gasteiger partial charge in [0.25, 0.3) is 5.56 Å². The summed E-state index contributed by atoms with van der Waals surface area (Å²) < 4.78 is 16.2. The van der Waals surface area contributed by atoms with Crippen LogP contribution in [0.4, 0.5) is 4.39 Å². The average molecular weight is 427 g/mol. The zero-order valence-corrected chi connectivity index (χ0v) is 18.7. The van der Waals surface area contributed by atoms with Gasteiger partial charge < -0.3 is 10.3 Å². The molecule has 7 heteroatoms. The number of carbonyl (C=O) groups excluding carboxylic acids is 1. The van der Waals surface area contributed by atoms with Crippen molar-refractivity contribution >= 4 is 16.8 Å². The topological polar surface area (TPSA) is 79.8 Å². The number of rotatable bonds is 3. The standard InChI is InChI=1S/C20H21FN4O2.C2H6.C2H4/c1-3-25-17-10-12(9-15(21)13(17)11-23-25)16-6-5-14(18(26)24-16)20(2)7-4-8-22-19(20)27;2*1-2/h5-6,9-11H,3-4,7-8H2,1-2H3,(H,22,27)(H,24,26);1-2H3;1-2H2/t20-;;/m1../s1. The van der Waals surface area contributed by atoms with Gasteiger partial charge in [-0.2, -0.15) is 5.10 Å². The molecule has 1 saturated heterocycles. The Morgan fingerprint density at radius 3 is 2.55 bits per heavy atom. The molecule has 3 aromatic rings. The summed E-state index contributed by atoms with van der Waals surface area (Å²) in [6.45, 7) is 15.0. The summed E-state index contributed by atoms with van der Waals surface area (Å²) in [6, 6.07) is 6.62. The molecule has 1 aromatic carbocycles. The summed E-state index contributed by atoms with van der Waals surface area (Å²) in [5.41, 5.74) is 1.02. The fraction of sp³-hybridized carbons (Fsp3) is 0.375. The van der Waals surface area contributed by atoms with E-state index >= 15 is 0 Å². The molecule has 0 saturated carbocycles. The van der Waals surface area contributed by atoms with Gasteiger partial charge in [0.05, 0.1) is 22.5 Å². The van der Waals surface area contributed by atoms with Crippen LogP contribution in [0.3, 0.4) is 0 Å². The van der Waals surface area contributed by atoms with Gasteiger partial charge in [0.1, 0.15) is 5.82 Å². The minimum absolute atomic E-state index is 0.133. The molecule has 0 unspecified atom stereocenters. The number of hydrogen-bond acceptors (Lipinski definition) is 3. The number of nitrogens with one attached hydrogen (secondary N) is 2. The van der Waals surface area contributed by atoms with Crippen molar-refractivity contribution in [2.24, 2.45) is 0 Å². The fourth-order valence-electron chi connectivity index (χ4n) is 3.83. The number of aromatic amines is 1. The number of nitrogens with zero attached hydrogens (tertiary/aromatic N) is 2. The fourth-order valence-corrected chi connectivity index (χ4v) is 3.83. The van der Waals surface area contributed by atoms with Crippen molar-refractivity contribution in [2.75, 3.05) is 6.54 Å². The normalized spacial score (nSPS) is 17.8. The van der Waals surface area contributed by atoms with Crippen LogP contribution in [0.25, 0.3) is 22.2 Å². The Balaban J connectivity index is 0.000000807. The van der Waals surface area contributed by atoms with Gasteiger partial charge in [0.2, 0.25) is 5.91 Å². The van der Waals surface area contributed by atoms with Gasteiger partial charge in [-0.25, -0.2) is 4.39 Å². The van der Waals surface area contributed by atoms with Crippen LogP contribution >= 0.6 is 0 Å². The monoisotopic (exact) mass is 426 g/mol. The number of hydrogen-bond donors (Lipinski definition) is 2. The zero-order chi connectivity index (χ0) is 23.2. The summed E-state index contributed by atoms with van der Waals surface area (Å²) in [6.07, 6.45) is 2.95. The number of fused-ring (bicyclic) bond motifs is 1. The largest absolute Gasteiger partial charge is 0.355 e. The van der Waals surface area contributed by atoms with Crippen LogP contribution in [0.2, 0.25) is 0 Å². The zero-order valence-electron chi connectivity index (χ0n) is 18.7. The number of piperidine rings is 1. The highest BCUT2D eigenvalue weighted by Gasteiger charge is 2.39. The minimum atomic E-state index is -0.847. The Morgan fingerprint density at radius 2 is 1.94 bits per heavy atom. The maximum absolute atomic E-state index is 14.5. The molecule has 1 atom stereocenters. The van der Waals surface area contributed by atoms with Gasteiger partial charge in [-0.15, -0.1) is 13.2 Å². The molecule has 2 aromatic heterocycles. The predicted octanol–water partition coefficient (Wildman–Crippen LogP) is 4.55. The van der Waals surface area contributed by atoms with Crippen molar-refractivity contribution in [2.45, 2.75) is 52.5 Å². The van der Waals surface area contributed by atoms with Gasteiger partial charge in [-0.3, -0.25) is 14.3 Å². The van der Waals surface area contributed by atoms with Crippen molar-refractivity contribution in [1.82, 2.24) is 20.1 Å². The molecule has 0 spiro atoms. The second-order valence-corrected chi connectivity index (χ2v) is 7.16. The highest BCUT2D eigenvalue weighted by molar-refractivity contribution is 5.88. The van der Waals surface area contributed by atoms with Crippen molar-refractivity contribution in [3.8, 4) is 11.3 Å². The first-order chi connectivity index (χ1) is 14.9. The number of amides is 1. The number of benzene rings is 1. The SMILES string of the molecule is C=C.CC.CCn1ncc2c(F)cc(-c3ccc([C@@]4(C)CCCNC4=O)c(=O)[nH]3)cc21. The Hall–Kier alpha value is -3.22. The van der Waals surface area contributed by atoms with E-state index in [0.29, 0.717) is 47.2 Å². The van der Waals surface area contributed by atoms with Gasteiger partial charge in [-0.05, 0) is 44.9 Å². The smallest absolute Gasteiger partial charge is 0.252 e. The first kappa shape index (κ1) is 24.1. The van der Waals surface area contributed by atoms with Gasteiger partial charge in [0.15, 0.2) is 0 Å². The van der Waals surface area contributed by atoms with E-state index in [9.17, 15) is 14.0 Å². The third-order valence-corrected chi connectivity index (χ3v) is 5.47. The van der Waals surface area contributed by atoms with Crippen LogP contribution in [-0.2, 0) is 16.8 Å². The second-order valence-electron chi connectivity index (χ2n) is 7.16. The van der Waals surface area contributed by atoms with E-state index in [1.807, 2.05) is 26.8 Å². The van der Waals surface area contributed by atoms with Gasteiger partial charge in [-0.1, -0.05) is 19.9 Å². The van der Waals surface area contributed by atoms with Crippen LogP contribution in [0, 0.1) is 5.82 Å². The lowest BCUT2D eigenvalue weighted by Gasteiger charge is -2.32. The van der Waals surface area contributed by atoms with Crippen LogP contribution in [-0.4, -0.2) is 27.2 Å². The molecule has 1 amide bonds. The number of aryl methyl sites for hydroxylation is 1. The number of halogens is 1. The molecule has 1 fully saturated rings. The minimum Gasteiger partial charge on any atom is -0.355 e. The third kappa shape index (κ3) is 4.45. The molecule has 4 rings (SSSR count). The quantitative estimate of drug-likeness (QED) is 0.603. The average Bonchev–Trinajstić information content (AvgIpc) is 3.22. The van der Waals surface area contributed by atoms with Crippen molar-refractivity contribution < 1.29 is 9.18 Å². The van der Waals surface area contributed by atoms with Crippen LogP contribution in [0.15, 0.2) is 48.4 Å². The first-order valence-electron chi connectivity index (χ1n) is 10.6. The lowest BCUT2D eigenvalue weighted by molar-refractivity contribution is -0.128. The van der Waals surface area contributed by atoms with Crippen molar-refractivity contribution in [3.05, 3.63) is 65.4 Å². The molecule has 31 heavy (non-hydrogen) atoms. The van der Waals surface area contributed by atoms with Crippen molar-refractivity contribution in [3.63, 3.8) is 0 Å². The summed E-state index contributed by atoms with van der Waals surface area (Å²) >= 11 is 0. The van der Waals surface area contributed by atoms with E-state index in [-0.39, 0.29) is 17.3 Å². The van der Waals surface area contributed by atoms with Gasteiger partial charge in [0, 0.05) is 29.9 Å². The van der Waals surface area contributed by atoms with E-state index in [0.717, 1.165) is 6.42 Å². The molecule has 0 radical (unpaired) electrons. The highest BCUT2D eigenvalue weighted by Crippen LogP contribution is 2.31. The van der Waals surface area contributed by atoms with E-state index in [1.165, 1.54) is 12.3 Å². The lowest BCUT2D eigenvalue weighted by atomic mass is 9.76. The molecular formula is C24H31FN4O2. The Bertz CT molecular complexity index is 1120. The van der Waals surface area contributed by atoms with Crippen LogP contribution in [0.1, 0.15) is 46.1 Å². The maximum Gasteiger partial charge on any atom is 0.252 e. The van der Waals surface area contributed by atoms with Crippen LogP contribution < -0.4 is 10.9 Å². The number of carbonyl (C=O) groups is 1. The number of aromatic nitrogens is 3. The number of H-pyrrole nitrogens is 1. The molecule has 1 aliphatic heterocycles. The van der Waals surface area contributed by atoms with E-state index < -0.39 is 5.41 Å². The first-order valence-corrected chi connectivity index (χ1v) is 10.6. The molecule has 166 valence electrons. The number of pyridine rings is 1.